The molecule has 0 spiro atoms. The number of piperidine rings is 1. The van der Waals surface area contributed by atoms with Crippen LogP contribution in [-0.4, -0.2) is 29.6 Å². The summed E-state index contributed by atoms with van der Waals surface area (Å²) in [4.78, 5) is 2.53. The Morgan fingerprint density at radius 3 is 2.35 bits per heavy atom. The van der Waals surface area contributed by atoms with Crippen LogP contribution >= 0.6 is 0 Å². The van der Waals surface area contributed by atoms with E-state index in [4.69, 9.17) is 0 Å². The SMILES string of the molecule is CC(NC1CCN(C(C)(C)C)CC1)c1ccccc1F. The van der Waals surface area contributed by atoms with Crippen molar-refractivity contribution in [2.45, 2.75) is 58.2 Å². The van der Waals surface area contributed by atoms with E-state index in [1.54, 1.807) is 6.07 Å². The predicted molar refractivity (Wildman–Crippen MR) is 82.3 cm³/mol. The van der Waals surface area contributed by atoms with Gasteiger partial charge in [-0.25, -0.2) is 4.39 Å². The third-order valence-electron chi connectivity index (χ3n) is 4.30. The highest BCUT2D eigenvalue weighted by Gasteiger charge is 2.27. The third kappa shape index (κ3) is 3.80. The van der Waals surface area contributed by atoms with E-state index >= 15 is 0 Å². The summed E-state index contributed by atoms with van der Waals surface area (Å²) < 4.78 is 13.8. The van der Waals surface area contributed by atoms with Crippen LogP contribution in [0.1, 0.15) is 52.1 Å². The lowest BCUT2D eigenvalue weighted by Gasteiger charge is -2.41. The summed E-state index contributed by atoms with van der Waals surface area (Å²) in [7, 11) is 0. The van der Waals surface area contributed by atoms with Crippen LogP contribution in [0.25, 0.3) is 0 Å². The van der Waals surface area contributed by atoms with Crippen molar-refractivity contribution >= 4 is 0 Å². The van der Waals surface area contributed by atoms with E-state index in [9.17, 15) is 4.39 Å². The van der Waals surface area contributed by atoms with Crippen molar-refractivity contribution < 1.29 is 4.39 Å². The second-order valence-corrected chi connectivity index (χ2v) is 6.84. The van der Waals surface area contributed by atoms with E-state index < -0.39 is 0 Å². The predicted octanol–water partition coefficient (Wildman–Crippen LogP) is 3.74. The van der Waals surface area contributed by atoms with Crippen LogP contribution in [0.2, 0.25) is 0 Å². The van der Waals surface area contributed by atoms with E-state index in [-0.39, 0.29) is 17.4 Å². The minimum atomic E-state index is -0.111. The Morgan fingerprint density at radius 2 is 1.80 bits per heavy atom. The molecule has 1 aliphatic heterocycles. The first kappa shape index (κ1) is 15.5. The summed E-state index contributed by atoms with van der Waals surface area (Å²) in [6.45, 7) is 11.1. The lowest BCUT2D eigenvalue weighted by molar-refractivity contribution is 0.0941. The Hall–Kier alpha value is -0.930. The molecular weight excluding hydrogens is 251 g/mol. The summed E-state index contributed by atoms with van der Waals surface area (Å²) >= 11 is 0. The molecule has 1 unspecified atom stereocenters. The molecule has 1 fully saturated rings. The quantitative estimate of drug-likeness (QED) is 0.906. The Kier molecular flexibility index (Phi) is 4.82. The molecule has 0 bridgehead atoms. The number of likely N-dealkylation sites (tertiary alicyclic amines) is 1. The van der Waals surface area contributed by atoms with E-state index in [0.29, 0.717) is 6.04 Å². The smallest absolute Gasteiger partial charge is 0.127 e. The van der Waals surface area contributed by atoms with Crippen molar-refractivity contribution in [1.82, 2.24) is 10.2 Å². The normalized spacial score (nSPS) is 20.1. The van der Waals surface area contributed by atoms with Crippen LogP contribution in [0.3, 0.4) is 0 Å². The lowest BCUT2D eigenvalue weighted by atomic mass is 9.97. The van der Waals surface area contributed by atoms with Crippen LogP contribution in [0.5, 0.6) is 0 Å². The van der Waals surface area contributed by atoms with Crippen molar-refractivity contribution in [3.63, 3.8) is 0 Å². The van der Waals surface area contributed by atoms with E-state index in [1.807, 2.05) is 12.1 Å². The maximum atomic E-state index is 13.8. The summed E-state index contributed by atoms with van der Waals surface area (Å²) in [5.74, 6) is -0.111. The number of hydrogen-bond acceptors (Lipinski definition) is 2. The summed E-state index contributed by atoms with van der Waals surface area (Å²) in [6.07, 6.45) is 2.27. The molecule has 1 heterocycles. The molecule has 0 radical (unpaired) electrons. The average molecular weight is 278 g/mol. The van der Waals surface area contributed by atoms with Crippen molar-refractivity contribution in [3.05, 3.63) is 35.6 Å². The van der Waals surface area contributed by atoms with Gasteiger partial charge in [0.15, 0.2) is 0 Å². The fourth-order valence-electron chi connectivity index (χ4n) is 2.99. The van der Waals surface area contributed by atoms with Gasteiger partial charge in [0.2, 0.25) is 0 Å². The first-order valence-electron chi connectivity index (χ1n) is 7.63. The van der Waals surface area contributed by atoms with Gasteiger partial charge in [0, 0.05) is 36.3 Å². The highest BCUT2D eigenvalue weighted by Crippen LogP contribution is 2.23. The molecule has 2 rings (SSSR count). The first-order valence-corrected chi connectivity index (χ1v) is 7.63. The highest BCUT2D eigenvalue weighted by atomic mass is 19.1. The molecule has 20 heavy (non-hydrogen) atoms. The zero-order valence-corrected chi connectivity index (χ0v) is 13.1. The number of benzene rings is 1. The van der Waals surface area contributed by atoms with Gasteiger partial charge >= 0.3 is 0 Å². The maximum absolute atomic E-state index is 13.8. The second kappa shape index (κ2) is 6.23. The van der Waals surface area contributed by atoms with Gasteiger partial charge in [-0.2, -0.15) is 0 Å². The number of nitrogens with one attached hydrogen (secondary N) is 1. The van der Waals surface area contributed by atoms with E-state index in [2.05, 4.69) is 37.9 Å². The topological polar surface area (TPSA) is 15.3 Å². The Balaban J connectivity index is 1.88. The Bertz CT molecular complexity index is 431. The molecule has 1 atom stereocenters. The number of nitrogens with zero attached hydrogens (tertiary/aromatic N) is 1. The van der Waals surface area contributed by atoms with Crippen LogP contribution in [0.15, 0.2) is 24.3 Å². The molecule has 0 aliphatic carbocycles. The fraction of sp³-hybridized carbons (Fsp3) is 0.647. The van der Waals surface area contributed by atoms with Crippen LogP contribution in [0, 0.1) is 5.82 Å². The molecule has 0 amide bonds. The summed E-state index contributed by atoms with van der Waals surface area (Å²) in [5.41, 5.74) is 1.02. The van der Waals surface area contributed by atoms with Gasteiger partial charge in [-0.3, -0.25) is 4.90 Å². The zero-order chi connectivity index (χ0) is 14.8. The zero-order valence-electron chi connectivity index (χ0n) is 13.1. The van der Waals surface area contributed by atoms with Gasteiger partial charge in [-0.15, -0.1) is 0 Å². The van der Waals surface area contributed by atoms with Crippen molar-refractivity contribution in [1.29, 1.82) is 0 Å². The standard InChI is InChI=1S/C17H27FN2/c1-13(15-7-5-6-8-16(15)18)19-14-9-11-20(12-10-14)17(2,3)4/h5-8,13-14,19H,9-12H2,1-4H3. The van der Waals surface area contributed by atoms with Crippen molar-refractivity contribution in [2.24, 2.45) is 0 Å². The van der Waals surface area contributed by atoms with Crippen LogP contribution in [0.4, 0.5) is 4.39 Å². The molecule has 1 aromatic rings. The number of rotatable bonds is 3. The Labute approximate surface area is 122 Å². The monoisotopic (exact) mass is 278 g/mol. The molecule has 1 saturated heterocycles. The minimum absolute atomic E-state index is 0.0717. The fourth-order valence-corrected chi connectivity index (χ4v) is 2.99. The van der Waals surface area contributed by atoms with Gasteiger partial charge in [-0.05, 0) is 46.6 Å². The van der Waals surface area contributed by atoms with Crippen LogP contribution in [-0.2, 0) is 0 Å². The molecule has 1 aromatic carbocycles. The lowest BCUT2D eigenvalue weighted by Crippen LogP contribution is -2.50. The first-order chi connectivity index (χ1) is 9.38. The highest BCUT2D eigenvalue weighted by molar-refractivity contribution is 5.20. The van der Waals surface area contributed by atoms with Gasteiger partial charge in [-0.1, -0.05) is 18.2 Å². The minimum Gasteiger partial charge on any atom is -0.307 e. The number of halogens is 1. The van der Waals surface area contributed by atoms with E-state index in [1.165, 1.54) is 6.07 Å². The molecule has 3 heteroatoms. The molecule has 0 aromatic heterocycles. The summed E-state index contributed by atoms with van der Waals surface area (Å²) in [5, 5.41) is 3.58. The molecule has 0 saturated carbocycles. The summed E-state index contributed by atoms with van der Waals surface area (Å²) in [6, 6.07) is 7.62. The molecular formula is C17H27FN2. The van der Waals surface area contributed by atoms with Gasteiger partial charge in [0.05, 0.1) is 0 Å². The largest absolute Gasteiger partial charge is 0.307 e. The number of hydrogen-bond donors (Lipinski definition) is 1. The molecule has 1 N–H and O–H groups in total. The third-order valence-corrected chi connectivity index (χ3v) is 4.30. The Morgan fingerprint density at radius 1 is 1.20 bits per heavy atom. The maximum Gasteiger partial charge on any atom is 0.127 e. The van der Waals surface area contributed by atoms with Gasteiger partial charge in [0.1, 0.15) is 5.82 Å². The molecule has 1 aliphatic rings. The molecule has 2 nitrogen and oxygen atoms in total. The van der Waals surface area contributed by atoms with Crippen LogP contribution < -0.4 is 5.32 Å². The van der Waals surface area contributed by atoms with E-state index in [0.717, 1.165) is 31.5 Å². The average Bonchev–Trinajstić information content (AvgIpc) is 2.38. The van der Waals surface area contributed by atoms with Gasteiger partial charge in [0.25, 0.3) is 0 Å². The van der Waals surface area contributed by atoms with Gasteiger partial charge < -0.3 is 5.32 Å². The molecule has 112 valence electrons. The second-order valence-electron chi connectivity index (χ2n) is 6.84. The van der Waals surface area contributed by atoms with Crippen molar-refractivity contribution in [3.8, 4) is 0 Å². The van der Waals surface area contributed by atoms with Crippen molar-refractivity contribution in [2.75, 3.05) is 13.1 Å².